The van der Waals surface area contributed by atoms with E-state index >= 15 is 0 Å². The van der Waals surface area contributed by atoms with E-state index in [1.807, 2.05) is 0 Å². The van der Waals surface area contributed by atoms with E-state index in [4.69, 9.17) is 5.73 Å². The highest BCUT2D eigenvalue weighted by molar-refractivity contribution is 4.97. The van der Waals surface area contributed by atoms with Crippen molar-refractivity contribution in [2.45, 2.75) is 58.5 Å². The Morgan fingerprint density at radius 2 is 1.76 bits per heavy atom. The molecule has 1 aliphatic carbocycles. The SMILES string of the molecule is CC(C)CN(CC(C)C)C1CCC(N)(CO)C1. The molecule has 0 aromatic carbocycles. The quantitative estimate of drug-likeness (QED) is 0.747. The number of hydrogen-bond donors (Lipinski definition) is 2. The summed E-state index contributed by atoms with van der Waals surface area (Å²) in [5.74, 6) is 1.38. The Bertz CT molecular complexity index is 220. The second-order valence-corrected chi connectivity index (χ2v) is 6.66. The molecule has 0 aromatic rings. The fourth-order valence-electron chi connectivity index (χ4n) is 2.89. The standard InChI is InChI=1S/C14H30N2O/c1-11(2)8-16(9-12(3)4)13-5-6-14(15,7-13)10-17/h11-13,17H,5-10,15H2,1-4H3. The summed E-state index contributed by atoms with van der Waals surface area (Å²) < 4.78 is 0. The Labute approximate surface area is 106 Å². The van der Waals surface area contributed by atoms with E-state index in [9.17, 15) is 5.11 Å². The highest BCUT2D eigenvalue weighted by Crippen LogP contribution is 2.31. The van der Waals surface area contributed by atoms with E-state index in [2.05, 4.69) is 32.6 Å². The van der Waals surface area contributed by atoms with Crippen LogP contribution in [-0.2, 0) is 0 Å². The van der Waals surface area contributed by atoms with Crippen LogP contribution in [0, 0.1) is 11.8 Å². The number of aliphatic hydroxyl groups is 1. The minimum atomic E-state index is -0.323. The van der Waals surface area contributed by atoms with Gasteiger partial charge in [0.05, 0.1) is 6.61 Å². The lowest BCUT2D eigenvalue weighted by molar-refractivity contribution is 0.141. The van der Waals surface area contributed by atoms with Crippen LogP contribution in [0.4, 0.5) is 0 Å². The molecule has 1 fully saturated rings. The van der Waals surface area contributed by atoms with Crippen LogP contribution in [0.2, 0.25) is 0 Å². The molecule has 3 N–H and O–H groups in total. The lowest BCUT2D eigenvalue weighted by Crippen LogP contribution is -2.45. The van der Waals surface area contributed by atoms with Crippen molar-refractivity contribution in [1.82, 2.24) is 4.90 Å². The molecular weight excluding hydrogens is 212 g/mol. The van der Waals surface area contributed by atoms with Crippen LogP contribution in [0.5, 0.6) is 0 Å². The zero-order valence-electron chi connectivity index (χ0n) is 11.9. The van der Waals surface area contributed by atoms with Gasteiger partial charge in [-0.05, 0) is 31.1 Å². The van der Waals surface area contributed by atoms with E-state index in [-0.39, 0.29) is 12.1 Å². The van der Waals surface area contributed by atoms with Crippen molar-refractivity contribution in [3.8, 4) is 0 Å². The molecule has 0 saturated heterocycles. The van der Waals surface area contributed by atoms with Crippen molar-refractivity contribution >= 4 is 0 Å². The largest absolute Gasteiger partial charge is 0.394 e. The second-order valence-electron chi connectivity index (χ2n) is 6.66. The third-order valence-corrected chi connectivity index (χ3v) is 3.65. The van der Waals surface area contributed by atoms with Gasteiger partial charge in [0.1, 0.15) is 0 Å². The maximum atomic E-state index is 9.35. The summed E-state index contributed by atoms with van der Waals surface area (Å²) in [7, 11) is 0. The predicted molar refractivity (Wildman–Crippen MR) is 72.9 cm³/mol. The predicted octanol–water partition coefficient (Wildman–Crippen LogP) is 1.84. The Morgan fingerprint density at radius 1 is 1.24 bits per heavy atom. The molecule has 0 radical (unpaired) electrons. The molecule has 0 spiro atoms. The van der Waals surface area contributed by atoms with E-state index < -0.39 is 0 Å². The molecule has 0 bridgehead atoms. The van der Waals surface area contributed by atoms with Crippen molar-refractivity contribution in [1.29, 1.82) is 0 Å². The summed E-state index contributed by atoms with van der Waals surface area (Å²) in [5.41, 5.74) is 5.85. The number of nitrogens with zero attached hydrogens (tertiary/aromatic N) is 1. The fraction of sp³-hybridized carbons (Fsp3) is 1.00. The molecule has 17 heavy (non-hydrogen) atoms. The zero-order valence-corrected chi connectivity index (χ0v) is 11.9. The first kappa shape index (κ1) is 14.9. The number of rotatable bonds is 6. The molecule has 2 unspecified atom stereocenters. The number of nitrogens with two attached hydrogens (primary N) is 1. The maximum Gasteiger partial charge on any atom is 0.0611 e. The van der Waals surface area contributed by atoms with Crippen LogP contribution in [0.3, 0.4) is 0 Å². The normalized spacial score (nSPS) is 29.8. The molecule has 3 nitrogen and oxygen atoms in total. The summed E-state index contributed by atoms with van der Waals surface area (Å²) in [4.78, 5) is 2.58. The van der Waals surface area contributed by atoms with E-state index in [0.29, 0.717) is 17.9 Å². The van der Waals surface area contributed by atoms with E-state index in [0.717, 1.165) is 32.4 Å². The molecular formula is C14H30N2O. The Hall–Kier alpha value is -0.120. The molecule has 2 atom stereocenters. The third kappa shape index (κ3) is 4.57. The topological polar surface area (TPSA) is 49.5 Å². The monoisotopic (exact) mass is 242 g/mol. The van der Waals surface area contributed by atoms with Crippen LogP contribution in [-0.4, -0.2) is 41.3 Å². The molecule has 102 valence electrons. The van der Waals surface area contributed by atoms with Gasteiger partial charge in [-0.3, -0.25) is 4.90 Å². The van der Waals surface area contributed by atoms with Crippen LogP contribution >= 0.6 is 0 Å². The smallest absolute Gasteiger partial charge is 0.0611 e. The van der Waals surface area contributed by atoms with Crippen molar-refractivity contribution in [2.75, 3.05) is 19.7 Å². The highest BCUT2D eigenvalue weighted by Gasteiger charge is 2.37. The van der Waals surface area contributed by atoms with E-state index in [1.165, 1.54) is 0 Å². The van der Waals surface area contributed by atoms with Gasteiger partial charge >= 0.3 is 0 Å². The van der Waals surface area contributed by atoms with Gasteiger partial charge in [-0.2, -0.15) is 0 Å². The van der Waals surface area contributed by atoms with Gasteiger partial charge in [0, 0.05) is 24.7 Å². The van der Waals surface area contributed by atoms with Gasteiger partial charge in [-0.25, -0.2) is 0 Å². The van der Waals surface area contributed by atoms with Crippen molar-refractivity contribution < 1.29 is 5.11 Å². The van der Waals surface area contributed by atoms with Crippen molar-refractivity contribution in [2.24, 2.45) is 17.6 Å². The zero-order chi connectivity index (χ0) is 13.1. The summed E-state index contributed by atoms with van der Waals surface area (Å²) in [6.07, 6.45) is 3.04. The van der Waals surface area contributed by atoms with Crippen molar-refractivity contribution in [3.63, 3.8) is 0 Å². The van der Waals surface area contributed by atoms with Gasteiger partial charge in [0.2, 0.25) is 0 Å². The summed E-state index contributed by atoms with van der Waals surface area (Å²) in [5, 5.41) is 9.35. The van der Waals surface area contributed by atoms with Gasteiger partial charge < -0.3 is 10.8 Å². The summed E-state index contributed by atoms with van der Waals surface area (Å²) >= 11 is 0. The molecule has 0 aromatic heterocycles. The average Bonchev–Trinajstić information content (AvgIpc) is 2.60. The second kappa shape index (κ2) is 6.17. The number of hydrogen-bond acceptors (Lipinski definition) is 3. The first-order valence-corrected chi connectivity index (χ1v) is 7.00. The van der Waals surface area contributed by atoms with Gasteiger partial charge in [0.25, 0.3) is 0 Å². The van der Waals surface area contributed by atoms with Gasteiger partial charge in [-0.1, -0.05) is 27.7 Å². The Kier molecular flexibility index (Phi) is 5.42. The third-order valence-electron chi connectivity index (χ3n) is 3.65. The van der Waals surface area contributed by atoms with Crippen molar-refractivity contribution in [3.05, 3.63) is 0 Å². The summed E-state index contributed by atoms with van der Waals surface area (Å²) in [6.45, 7) is 11.5. The van der Waals surface area contributed by atoms with Crippen LogP contribution in [0.25, 0.3) is 0 Å². The fourth-order valence-corrected chi connectivity index (χ4v) is 2.89. The Morgan fingerprint density at radius 3 is 2.12 bits per heavy atom. The minimum Gasteiger partial charge on any atom is -0.394 e. The average molecular weight is 242 g/mol. The first-order chi connectivity index (χ1) is 7.86. The maximum absolute atomic E-state index is 9.35. The number of aliphatic hydroxyl groups excluding tert-OH is 1. The lowest BCUT2D eigenvalue weighted by atomic mass is 9.99. The van der Waals surface area contributed by atoms with Gasteiger partial charge in [0.15, 0.2) is 0 Å². The van der Waals surface area contributed by atoms with Gasteiger partial charge in [-0.15, -0.1) is 0 Å². The minimum absolute atomic E-state index is 0.126. The molecule has 0 heterocycles. The molecule has 0 amide bonds. The van der Waals surface area contributed by atoms with Crippen LogP contribution < -0.4 is 5.73 Å². The summed E-state index contributed by atoms with van der Waals surface area (Å²) in [6, 6.07) is 0.567. The molecule has 1 rings (SSSR count). The molecule has 1 saturated carbocycles. The van der Waals surface area contributed by atoms with E-state index in [1.54, 1.807) is 0 Å². The van der Waals surface area contributed by atoms with Crippen LogP contribution in [0.1, 0.15) is 47.0 Å². The first-order valence-electron chi connectivity index (χ1n) is 7.00. The van der Waals surface area contributed by atoms with Crippen LogP contribution in [0.15, 0.2) is 0 Å². The molecule has 1 aliphatic rings. The molecule has 0 aliphatic heterocycles. The highest BCUT2D eigenvalue weighted by atomic mass is 16.3. The Balaban J connectivity index is 2.58. The molecule has 3 heteroatoms. The lowest BCUT2D eigenvalue weighted by Gasteiger charge is -2.33.